The average molecular weight is 374 g/mol. The standard InChI is InChI=1S/C18H19N3O2S2/c1-10-4-5-12(8-11(10)2)13-9-25-16-15(13)17(23)21(3)18(20-16)24-7-6-14(19)22/h4-5,8-9H,6-7H2,1-3H3,(H2,19,22). The van der Waals surface area contributed by atoms with Crippen LogP contribution in [0.4, 0.5) is 0 Å². The van der Waals surface area contributed by atoms with Crippen molar-refractivity contribution in [3.05, 3.63) is 45.1 Å². The fraction of sp³-hybridized carbons (Fsp3) is 0.278. The molecule has 1 amide bonds. The maximum absolute atomic E-state index is 12.9. The number of amides is 1. The predicted octanol–water partition coefficient (Wildman–Crippen LogP) is 3.25. The fourth-order valence-corrected chi connectivity index (χ4v) is 4.46. The molecule has 0 aliphatic carbocycles. The van der Waals surface area contributed by atoms with Gasteiger partial charge in [0.2, 0.25) is 5.91 Å². The molecule has 7 heteroatoms. The van der Waals surface area contributed by atoms with Crippen LogP contribution in [0.25, 0.3) is 21.3 Å². The van der Waals surface area contributed by atoms with E-state index in [9.17, 15) is 9.59 Å². The van der Waals surface area contributed by atoms with Crippen LogP contribution in [0.15, 0.2) is 33.5 Å². The summed E-state index contributed by atoms with van der Waals surface area (Å²) in [6, 6.07) is 6.21. The highest BCUT2D eigenvalue weighted by atomic mass is 32.2. The lowest BCUT2D eigenvalue weighted by Gasteiger charge is -2.08. The molecule has 0 saturated carbocycles. The molecule has 0 radical (unpaired) electrons. The molecule has 0 aliphatic heterocycles. The molecule has 25 heavy (non-hydrogen) atoms. The molecule has 0 saturated heterocycles. The van der Waals surface area contributed by atoms with Gasteiger partial charge in [-0.2, -0.15) is 0 Å². The van der Waals surface area contributed by atoms with Crippen molar-refractivity contribution < 1.29 is 4.79 Å². The first-order valence-corrected chi connectivity index (χ1v) is 9.72. The molecular formula is C18H19N3O2S2. The average Bonchev–Trinajstić information content (AvgIpc) is 2.98. The topological polar surface area (TPSA) is 78.0 Å². The monoisotopic (exact) mass is 373 g/mol. The third-order valence-corrected chi connectivity index (χ3v) is 6.08. The Morgan fingerprint density at radius 2 is 2.08 bits per heavy atom. The number of benzene rings is 1. The Hall–Kier alpha value is -2.12. The van der Waals surface area contributed by atoms with E-state index in [0.717, 1.165) is 16.0 Å². The number of hydrogen-bond donors (Lipinski definition) is 1. The molecule has 5 nitrogen and oxygen atoms in total. The minimum absolute atomic E-state index is 0.0685. The first kappa shape index (κ1) is 17.7. The second kappa shape index (κ2) is 7.01. The fourth-order valence-electron chi connectivity index (χ4n) is 2.55. The van der Waals surface area contributed by atoms with Gasteiger partial charge in [0, 0.05) is 30.2 Å². The van der Waals surface area contributed by atoms with Crippen LogP contribution in [0.3, 0.4) is 0 Å². The Balaban J connectivity index is 2.06. The van der Waals surface area contributed by atoms with Gasteiger partial charge in [-0.3, -0.25) is 14.2 Å². The largest absolute Gasteiger partial charge is 0.370 e. The maximum atomic E-state index is 12.9. The first-order chi connectivity index (χ1) is 11.9. The summed E-state index contributed by atoms with van der Waals surface area (Å²) in [6.07, 6.45) is 0.261. The smallest absolute Gasteiger partial charge is 0.263 e. The van der Waals surface area contributed by atoms with Crippen molar-refractivity contribution in [3.8, 4) is 11.1 Å². The Morgan fingerprint density at radius 3 is 2.76 bits per heavy atom. The van der Waals surface area contributed by atoms with Gasteiger partial charge in [0.1, 0.15) is 4.83 Å². The number of nitrogens with zero attached hydrogens (tertiary/aromatic N) is 2. The van der Waals surface area contributed by atoms with Crippen LogP contribution in [-0.2, 0) is 11.8 Å². The van der Waals surface area contributed by atoms with Crippen molar-refractivity contribution in [1.82, 2.24) is 9.55 Å². The van der Waals surface area contributed by atoms with Crippen LogP contribution in [0.2, 0.25) is 0 Å². The summed E-state index contributed by atoms with van der Waals surface area (Å²) in [6.45, 7) is 4.14. The van der Waals surface area contributed by atoms with E-state index in [1.54, 1.807) is 11.6 Å². The van der Waals surface area contributed by atoms with E-state index in [1.165, 1.54) is 34.2 Å². The third kappa shape index (κ3) is 3.48. The Labute approximate surface area is 153 Å². The number of hydrogen-bond acceptors (Lipinski definition) is 5. The first-order valence-electron chi connectivity index (χ1n) is 7.85. The van der Waals surface area contributed by atoms with Crippen molar-refractivity contribution in [1.29, 1.82) is 0 Å². The molecule has 3 aromatic rings. The molecule has 0 bridgehead atoms. The zero-order valence-electron chi connectivity index (χ0n) is 14.3. The van der Waals surface area contributed by atoms with Gasteiger partial charge in [-0.15, -0.1) is 11.3 Å². The van der Waals surface area contributed by atoms with E-state index in [2.05, 4.69) is 31.0 Å². The lowest BCUT2D eigenvalue weighted by Crippen LogP contribution is -2.20. The van der Waals surface area contributed by atoms with E-state index < -0.39 is 0 Å². The van der Waals surface area contributed by atoms with Gasteiger partial charge >= 0.3 is 0 Å². The van der Waals surface area contributed by atoms with Crippen LogP contribution in [0, 0.1) is 13.8 Å². The molecule has 3 rings (SSSR count). The number of carbonyl (C=O) groups excluding carboxylic acids is 1. The lowest BCUT2D eigenvalue weighted by atomic mass is 10.0. The normalized spacial score (nSPS) is 11.2. The highest BCUT2D eigenvalue weighted by Crippen LogP contribution is 2.32. The number of fused-ring (bicyclic) bond motifs is 1. The number of thiophene rings is 1. The number of aryl methyl sites for hydroxylation is 2. The van der Waals surface area contributed by atoms with E-state index in [-0.39, 0.29) is 17.9 Å². The number of aromatic nitrogens is 2. The molecule has 2 aromatic heterocycles. The molecule has 1 aromatic carbocycles. The van der Waals surface area contributed by atoms with Crippen LogP contribution < -0.4 is 11.3 Å². The second-order valence-corrected chi connectivity index (χ2v) is 7.87. The van der Waals surface area contributed by atoms with Crippen LogP contribution in [0.5, 0.6) is 0 Å². The van der Waals surface area contributed by atoms with Gasteiger partial charge in [-0.25, -0.2) is 4.98 Å². The van der Waals surface area contributed by atoms with Crippen molar-refractivity contribution in [2.75, 3.05) is 5.75 Å². The molecule has 0 unspecified atom stereocenters. The SMILES string of the molecule is Cc1ccc(-c2csc3nc(SCCC(N)=O)n(C)c(=O)c23)cc1C. The molecule has 0 aliphatic rings. The summed E-state index contributed by atoms with van der Waals surface area (Å²) in [4.78, 5) is 29.1. The van der Waals surface area contributed by atoms with Crippen molar-refractivity contribution in [3.63, 3.8) is 0 Å². The summed E-state index contributed by atoms with van der Waals surface area (Å²) < 4.78 is 1.55. The zero-order valence-corrected chi connectivity index (χ0v) is 16.0. The summed E-state index contributed by atoms with van der Waals surface area (Å²) in [7, 11) is 1.71. The third-order valence-electron chi connectivity index (χ3n) is 4.17. The quantitative estimate of drug-likeness (QED) is 0.550. The minimum Gasteiger partial charge on any atom is -0.370 e. The number of nitrogens with two attached hydrogens (primary N) is 1. The summed E-state index contributed by atoms with van der Waals surface area (Å²) in [5.41, 5.74) is 9.47. The predicted molar refractivity (Wildman–Crippen MR) is 104 cm³/mol. The molecular weight excluding hydrogens is 354 g/mol. The molecule has 130 valence electrons. The van der Waals surface area contributed by atoms with Crippen LogP contribution in [0.1, 0.15) is 17.5 Å². The number of carbonyl (C=O) groups is 1. The summed E-state index contributed by atoms with van der Waals surface area (Å²) in [5.74, 6) is 0.156. The highest BCUT2D eigenvalue weighted by molar-refractivity contribution is 7.99. The van der Waals surface area contributed by atoms with E-state index in [1.807, 2.05) is 11.4 Å². The van der Waals surface area contributed by atoms with E-state index >= 15 is 0 Å². The van der Waals surface area contributed by atoms with Crippen molar-refractivity contribution in [2.45, 2.75) is 25.4 Å². The van der Waals surface area contributed by atoms with Crippen LogP contribution >= 0.6 is 23.1 Å². The highest BCUT2D eigenvalue weighted by Gasteiger charge is 2.16. The van der Waals surface area contributed by atoms with E-state index in [0.29, 0.717) is 16.3 Å². The van der Waals surface area contributed by atoms with Gasteiger partial charge in [-0.05, 0) is 30.5 Å². The molecule has 0 atom stereocenters. The minimum atomic E-state index is -0.355. The number of thioether (sulfide) groups is 1. The Kier molecular flexibility index (Phi) is 4.96. The van der Waals surface area contributed by atoms with Crippen molar-refractivity contribution in [2.24, 2.45) is 12.8 Å². The lowest BCUT2D eigenvalue weighted by molar-refractivity contribution is -0.117. The second-order valence-electron chi connectivity index (χ2n) is 5.95. The molecule has 0 spiro atoms. The number of rotatable bonds is 5. The van der Waals surface area contributed by atoms with Gasteiger partial charge in [0.25, 0.3) is 5.56 Å². The van der Waals surface area contributed by atoms with Gasteiger partial charge in [-0.1, -0.05) is 30.0 Å². The Bertz CT molecular complexity index is 1020. The zero-order chi connectivity index (χ0) is 18.1. The molecule has 0 fully saturated rings. The summed E-state index contributed by atoms with van der Waals surface area (Å²) in [5, 5.41) is 3.24. The van der Waals surface area contributed by atoms with Crippen molar-refractivity contribution >= 4 is 39.2 Å². The Morgan fingerprint density at radius 1 is 1.32 bits per heavy atom. The number of primary amides is 1. The molecule has 2 heterocycles. The maximum Gasteiger partial charge on any atom is 0.263 e. The van der Waals surface area contributed by atoms with Gasteiger partial charge in [0.05, 0.1) is 5.39 Å². The van der Waals surface area contributed by atoms with Crippen LogP contribution in [-0.4, -0.2) is 21.2 Å². The van der Waals surface area contributed by atoms with E-state index in [4.69, 9.17) is 5.73 Å². The molecule has 2 N–H and O–H groups in total. The van der Waals surface area contributed by atoms with Gasteiger partial charge in [0.15, 0.2) is 5.16 Å². The van der Waals surface area contributed by atoms with Gasteiger partial charge < -0.3 is 5.73 Å². The summed E-state index contributed by atoms with van der Waals surface area (Å²) >= 11 is 2.84.